The highest BCUT2D eigenvalue weighted by atomic mass is 16.8. The van der Waals surface area contributed by atoms with Gasteiger partial charge in [-0.15, -0.1) is 0 Å². The van der Waals surface area contributed by atoms with Crippen LogP contribution in [-0.2, 0) is 75.8 Å². The first-order valence-electron chi connectivity index (χ1n) is 31.3. The van der Waals surface area contributed by atoms with Crippen LogP contribution in [0.25, 0.3) is 83.5 Å². The quantitative estimate of drug-likeness (QED) is 0.0388. The van der Waals surface area contributed by atoms with Gasteiger partial charge in [0.25, 0.3) is 0 Å². The predicted octanol–water partition coefficient (Wildman–Crippen LogP) is -6.86. The number of hydrogen-bond donors (Lipinski definition) is 16. The van der Waals surface area contributed by atoms with Gasteiger partial charge in [-0.25, -0.2) is 0 Å². The Morgan fingerprint density at radius 1 is 0.163 bits per heavy atom. The standard InChI is InChI=1S/C48H72N24O32/c49-65-57-1-9-33-17(73)25(81)41(89-9)98-34-10(2-58-66-50)91-43(27(83)19(34)75)100-36-12(4-60-68-52)93-45(29(85)21(36)77)102-38-14(6-62-70-54)95-47(31(87)23(38)79)104-40-16(8-64-72-56)96-48(32(88)24(40)80)103-39-15(7-63-71-55)94-46(30(86)22(39)78)101-37-13(5-61-69-53)92-44(28(84)20(37)76)99-35-11(3-59-67-51)90-42(97-33)26(82)18(35)74/h9-48,73-88H,1-8H2/t9-,10-,11-,12-,13-,14-,15-,16-,17-,18-,19-,20-,21-,22-,23-,24-,25-,26-,27-,28-,29-,30-,31-,32-,33-,34-,35-,36-,37-,38-,39-,40-,41-,42-,43-,44-,45-,46-,47-,48-/m1/s1. The molecular formula is C48H72N24O32. The zero-order chi connectivity index (χ0) is 75.4. The average Bonchev–Trinajstić information content (AvgIpc) is 0.915. The lowest BCUT2D eigenvalue weighted by Gasteiger charge is -2.51. The number of azide groups is 8. The summed E-state index contributed by atoms with van der Waals surface area (Å²) in [6.45, 7) is -6.73. The van der Waals surface area contributed by atoms with Crippen molar-refractivity contribution in [1.82, 2.24) is 0 Å². The lowest BCUT2D eigenvalue weighted by molar-refractivity contribution is -0.398. The molecule has 30 rings (SSSR count). The summed E-state index contributed by atoms with van der Waals surface area (Å²) in [4.78, 5) is 21.3. The predicted molar refractivity (Wildman–Crippen MR) is 316 cm³/mol. The summed E-state index contributed by atoms with van der Waals surface area (Å²) in [5, 5.41) is 215. The molecule has 0 spiro atoms. The third-order valence-corrected chi connectivity index (χ3v) is 18.1. The van der Waals surface area contributed by atoms with E-state index < -0.39 is 298 Å². The van der Waals surface area contributed by atoms with Crippen LogP contribution in [-0.4, -0.2) is 380 Å². The van der Waals surface area contributed by atoms with Crippen LogP contribution in [0.4, 0.5) is 0 Å². The normalized spacial score (nSPS) is 47.7. The number of aliphatic hydroxyl groups is 16. The van der Waals surface area contributed by atoms with Crippen molar-refractivity contribution in [2.45, 2.75) is 246 Å². The van der Waals surface area contributed by atoms with Gasteiger partial charge in [-0.1, -0.05) is 40.9 Å². The molecular weight excluding hydrogens is 1420 g/mol. The molecule has 30 saturated heterocycles. The Hall–Kier alpha value is -6.80. The van der Waals surface area contributed by atoms with Gasteiger partial charge in [0.05, 0.1) is 101 Å². The van der Waals surface area contributed by atoms with Crippen molar-refractivity contribution < 1.29 is 157 Å². The summed E-state index contributed by atoms with van der Waals surface area (Å²) in [6.07, 6.45) is -85.5. The molecule has 56 nitrogen and oxygen atoms in total. The van der Waals surface area contributed by atoms with Gasteiger partial charge in [0, 0.05) is 39.3 Å². The van der Waals surface area contributed by atoms with E-state index in [4.69, 9.17) is 75.8 Å². The number of nitrogens with zero attached hydrogens (tertiary/aromatic N) is 24. The minimum atomic E-state index is -2.35. The first kappa shape index (κ1) is 81.3. The van der Waals surface area contributed by atoms with Crippen molar-refractivity contribution in [2.24, 2.45) is 40.9 Å². The van der Waals surface area contributed by atoms with E-state index in [9.17, 15) is 126 Å². The van der Waals surface area contributed by atoms with Crippen LogP contribution >= 0.6 is 0 Å². The Bertz CT molecular complexity index is 2660. The van der Waals surface area contributed by atoms with Gasteiger partial charge in [0.2, 0.25) is 0 Å². The Kier molecular flexibility index (Phi) is 29.0. The van der Waals surface area contributed by atoms with E-state index in [0.29, 0.717) is 0 Å². The maximum atomic E-state index is 11.8. The van der Waals surface area contributed by atoms with Gasteiger partial charge >= 0.3 is 0 Å². The molecule has 0 saturated carbocycles. The summed E-state index contributed by atoms with van der Waals surface area (Å²) in [7, 11) is 0. The van der Waals surface area contributed by atoms with E-state index >= 15 is 0 Å². The van der Waals surface area contributed by atoms with Crippen molar-refractivity contribution in [3.8, 4) is 0 Å². The molecule has 0 aromatic heterocycles. The zero-order valence-corrected chi connectivity index (χ0v) is 53.2. The molecule has 16 bridgehead atoms. The fourth-order valence-corrected chi connectivity index (χ4v) is 12.8. The second kappa shape index (κ2) is 37.1. The SMILES string of the molecule is [N-]=[N+]=NC[C@H]1O[C@@H]2O[C@H]3[C@H](O)[C@@H](O)[C@@H](O[C@H]4[C@H](O)[C@@H](O)[C@@H](O[C@H]5[C@H](O)[C@@H](O)[C@@H](O[C@H]6[C@H](O)[C@@H](O)[C@@H](O[C@H]7[C@H](O)[C@@H](O)[C@@H](O[C@H]8[C@H](O)[C@@H](O)[C@@H](O[C@H]9[C@H](O)[C@@H](O)[C@@H](O[C@H]1[C@H](O)[C@H]2O)O[C@@H]9CN=[N+]=[N-])O[C@@H]8CN=[N+]=[N-])O[C@@H]7CN=[N+]=[N-])O[C@@H]6CN=[N+]=[N-])O[C@@H]5CN=[N+]=[N-])O[C@@H]4CN=[N+]=[N-])O[C@@H]3CN=[N+]=[N-]. The Labute approximate surface area is 578 Å². The van der Waals surface area contributed by atoms with E-state index in [-0.39, 0.29) is 0 Å². The van der Waals surface area contributed by atoms with Crippen LogP contribution in [0.2, 0.25) is 0 Å². The highest BCUT2D eigenvalue weighted by Gasteiger charge is 2.60. The lowest BCUT2D eigenvalue weighted by Crippen LogP contribution is -2.69. The Morgan fingerprint density at radius 2 is 0.260 bits per heavy atom. The number of aliphatic hydroxyl groups excluding tert-OH is 16. The first-order chi connectivity index (χ1) is 49.9. The van der Waals surface area contributed by atoms with E-state index in [2.05, 4.69) is 80.2 Å². The van der Waals surface area contributed by atoms with Crippen molar-refractivity contribution in [3.05, 3.63) is 83.5 Å². The summed E-state index contributed by atoms with van der Waals surface area (Å²) in [6, 6.07) is 0. The largest absolute Gasteiger partial charge is 0.387 e. The molecule has 16 N–H and O–H groups in total. The Balaban J connectivity index is 1.06. The highest BCUT2D eigenvalue weighted by molar-refractivity contribution is 5.04. The number of rotatable bonds is 16. The van der Waals surface area contributed by atoms with Crippen molar-refractivity contribution in [2.75, 3.05) is 52.4 Å². The van der Waals surface area contributed by atoms with Crippen LogP contribution < -0.4 is 0 Å². The van der Waals surface area contributed by atoms with E-state index in [1.165, 1.54) is 0 Å². The van der Waals surface area contributed by atoms with Crippen molar-refractivity contribution in [3.63, 3.8) is 0 Å². The minimum absolute atomic E-state index is 0.841. The lowest BCUT2D eigenvalue weighted by atomic mass is 9.94. The molecule has 40 atom stereocenters. The van der Waals surface area contributed by atoms with Crippen LogP contribution in [0.1, 0.15) is 0 Å². The zero-order valence-electron chi connectivity index (χ0n) is 53.2. The third-order valence-electron chi connectivity index (χ3n) is 18.1. The molecule has 576 valence electrons. The molecule has 104 heavy (non-hydrogen) atoms. The van der Waals surface area contributed by atoms with E-state index in [1.54, 1.807) is 0 Å². The summed E-state index contributed by atoms with van der Waals surface area (Å²) in [5.41, 5.74) is 75.1. The van der Waals surface area contributed by atoms with Gasteiger partial charge in [-0.3, -0.25) is 0 Å². The first-order valence-corrected chi connectivity index (χ1v) is 31.3. The fourth-order valence-electron chi connectivity index (χ4n) is 12.8. The molecule has 30 aliphatic rings. The minimum Gasteiger partial charge on any atom is -0.387 e. The average molecular weight is 1500 g/mol. The van der Waals surface area contributed by atoms with Gasteiger partial charge in [0.15, 0.2) is 50.3 Å². The van der Waals surface area contributed by atoms with Gasteiger partial charge < -0.3 is 157 Å². The molecule has 30 heterocycles. The maximum Gasteiger partial charge on any atom is 0.187 e. The molecule has 0 aromatic carbocycles. The van der Waals surface area contributed by atoms with Crippen LogP contribution in [0.3, 0.4) is 0 Å². The molecule has 0 amide bonds. The monoisotopic (exact) mass is 1500 g/mol. The smallest absolute Gasteiger partial charge is 0.187 e. The third kappa shape index (κ3) is 17.9. The topological polar surface area (TPSA) is 861 Å². The highest BCUT2D eigenvalue weighted by Crippen LogP contribution is 2.41. The van der Waals surface area contributed by atoms with Crippen LogP contribution in [0.5, 0.6) is 0 Å². The second-order valence-electron chi connectivity index (χ2n) is 24.3. The number of ether oxygens (including phenoxy) is 16. The van der Waals surface area contributed by atoms with Gasteiger partial charge in [-0.2, -0.15) is 0 Å². The maximum absolute atomic E-state index is 11.8. The number of hydrogen-bond acceptors (Lipinski definition) is 40. The Morgan fingerprint density at radius 3 is 0.346 bits per heavy atom. The molecule has 0 unspecified atom stereocenters. The molecule has 56 heteroatoms. The van der Waals surface area contributed by atoms with Crippen LogP contribution in [0.15, 0.2) is 40.9 Å². The van der Waals surface area contributed by atoms with Gasteiger partial charge in [-0.05, 0) is 44.2 Å². The molecule has 0 radical (unpaired) electrons. The van der Waals surface area contributed by atoms with E-state index in [0.717, 1.165) is 0 Å². The fraction of sp³-hybridized carbons (Fsp3) is 1.00. The summed E-state index contributed by atoms with van der Waals surface area (Å²) in [5.74, 6) is 0. The molecule has 0 aliphatic carbocycles. The molecule has 0 aromatic rings. The van der Waals surface area contributed by atoms with Crippen molar-refractivity contribution in [1.29, 1.82) is 0 Å². The van der Waals surface area contributed by atoms with E-state index in [1.807, 2.05) is 0 Å². The molecule has 30 fully saturated rings. The summed E-state index contributed by atoms with van der Waals surface area (Å²) < 4.78 is 94.4. The molecule has 30 aliphatic heterocycles. The summed E-state index contributed by atoms with van der Waals surface area (Å²) >= 11 is 0. The van der Waals surface area contributed by atoms with Gasteiger partial charge in [0.1, 0.15) is 146 Å². The van der Waals surface area contributed by atoms with Crippen LogP contribution in [0, 0.1) is 0 Å². The van der Waals surface area contributed by atoms with Crippen molar-refractivity contribution >= 4 is 0 Å². The second-order valence-corrected chi connectivity index (χ2v) is 24.3.